The van der Waals surface area contributed by atoms with Gasteiger partial charge in [-0.1, -0.05) is 11.8 Å². The Balaban J connectivity index is 2.18. The Morgan fingerprint density at radius 2 is 2.39 bits per heavy atom. The molecule has 0 aromatic carbocycles. The Kier molecular flexibility index (Phi) is 2.55. The minimum Gasteiger partial charge on any atom is -0.378 e. The molecular weight excluding hydrogens is 248 g/mol. The van der Waals surface area contributed by atoms with Crippen LogP contribution in [-0.2, 0) is 5.54 Å². The zero-order valence-corrected chi connectivity index (χ0v) is 10.6. The van der Waals surface area contributed by atoms with Gasteiger partial charge in [0.1, 0.15) is 0 Å². The van der Waals surface area contributed by atoms with Gasteiger partial charge in [-0.2, -0.15) is 5.10 Å². The number of aromatic amines is 1. The number of aliphatic imine (C=N–C) groups is 1. The molecule has 1 aliphatic heterocycles. The fourth-order valence-corrected chi connectivity index (χ4v) is 2.89. The van der Waals surface area contributed by atoms with Crippen LogP contribution in [0.3, 0.4) is 0 Å². The number of hydrogen-bond acceptors (Lipinski definition) is 6. The molecule has 6 nitrogen and oxygen atoms in total. The molecule has 18 heavy (non-hydrogen) atoms. The maximum Gasteiger partial charge on any atom is 0.161 e. The Morgan fingerprint density at radius 3 is 3.00 bits per heavy atom. The van der Waals surface area contributed by atoms with Crippen LogP contribution in [0.2, 0.25) is 0 Å². The predicted molar refractivity (Wildman–Crippen MR) is 70.2 cm³/mol. The van der Waals surface area contributed by atoms with E-state index in [1.807, 2.05) is 19.2 Å². The summed E-state index contributed by atoms with van der Waals surface area (Å²) in [4.78, 5) is 13.4. The van der Waals surface area contributed by atoms with Crippen LogP contribution in [0.1, 0.15) is 17.1 Å². The summed E-state index contributed by atoms with van der Waals surface area (Å²) in [6.07, 6.45) is 5.30. The van der Waals surface area contributed by atoms with Crippen LogP contribution >= 0.6 is 11.8 Å². The summed E-state index contributed by atoms with van der Waals surface area (Å²) in [6.45, 7) is 1.93. The summed E-state index contributed by atoms with van der Waals surface area (Å²) < 4.78 is 0. The van der Waals surface area contributed by atoms with Gasteiger partial charge in [0, 0.05) is 29.4 Å². The molecule has 0 aliphatic carbocycles. The van der Waals surface area contributed by atoms with Crippen molar-refractivity contribution in [3.05, 3.63) is 41.7 Å². The smallest absolute Gasteiger partial charge is 0.161 e. The molecule has 1 unspecified atom stereocenters. The number of aryl methyl sites for hydroxylation is 1. The zero-order chi connectivity index (χ0) is 12.6. The van der Waals surface area contributed by atoms with Crippen molar-refractivity contribution in [2.75, 3.05) is 5.75 Å². The van der Waals surface area contributed by atoms with E-state index in [4.69, 9.17) is 5.73 Å². The first kappa shape index (κ1) is 11.2. The van der Waals surface area contributed by atoms with E-state index in [0.717, 1.165) is 11.3 Å². The van der Waals surface area contributed by atoms with Crippen LogP contribution in [0, 0.1) is 6.92 Å². The second-order valence-corrected chi connectivity index (χ2v) is 5.10. The third kappa shape index (κ3) is 1.67. The van der Waals surface area contributed by atoms with E-state index < -0.39 is 5.54 Å². The molecule has 3 rings (SSSR count). The van der Waals surface area contributed by atoms with Gasteiger partial charge in [-0.15, -0.1) is 0 Å². The van der Waals surface area contributed by atoms with E-state index in [9.17, 15) is 0 Å². The van der Waals surface area contributed by atoms with Crippen LogP contribution in [0.5, 0.6) is 0 Å². The highest BCUT2D eigenvalue weighted by Gasteiger charge is 2.42. The van der Waals surface area contributed by atoms with Crippen molar-refractivity contribution in [3.8, 4) is 0 Å². The van der Waals surface area contributed by atoms with Crippen LogP contribution in [0.4, 0.5) is 0 Å². The summed E-state index contributed by atoms with van der Waals surface area (Å²) >= 11 is 1.51. The SMILES string of the molecule is Cc1ccnc(C2(c3cn[nH]c3)CSC(N)=N2)n1. The highest BCUT2D eigenvalue weighted by atomic mass is 32.2. The summed E-state index contributed by atoms with van der Waals surface area (Å²) in [6, 6.07) is 1.86. The number of nitrogens with zero attached hydrogens (tertiary/aromatic N) is 4. The van der Waals surface area contributed by atoms with E-state index in [-0.39, 0.29) is 0 Å². The molecule has 0 amide bonds. The molecular formula is C11H12N6S. The monoisotopic (exact) mass is 260 g/mol. The third-order valence-corrected chi connectivity index (χ3v) is 3.82. The number of rotatable bonds is 2. The lowest BCUT2D eigenvalue weighted by Gasteiger charge is -2.22. The van der Waals surface area contributed by atoms with Crippen molar-refractivity contribution < 1.29 is 0 Å². The second-order valence-electron chi connectivity index (χ2n) is 4.11. The number of thioether (sulfide) groups is 1. The number of aromatic nitrogens is 4. The maximum atomic E-state index is 5.82. The molecule has 2 aromatic rings. The van der Waals surface area contributed by atoms with Gasteiger partial charge in [0.25, 0.3) is 0 Å². The molecule has 3 N–H and O–H groups in total. The van der Waals surface area contributed by atoms with E-state index in [2.05, 4.69) is 25.2 Å². The number of nitrogens with two attached hydrogens (primary N) is 1. The highest BCUT2D eigenvalue weighted by Crippen LogP contribution is 2.39. The normalized spacial score (nSPS) is 23.1. The first-order valence-corrected chi connectivity index (χ1v) is 6.47. The molecule has 0 saturated carbocycles. The Bertz CT molecular complexity index is 593. The van der Waals surface area contributed by atoms with E-state index in [0.29, 0.717) is 16.7 Å². The van der Waals surface area contributed by atoms with Gasteiger partial charge in [-0.3, -0.25) is 5.10 Å². The first-order chi connectivity index (χ1) is 8.71. The van der Waals surface area contributed by atoms with Crippen molar-refractivity contribution in [3.63, 3.8) is 0 Å². The van der Waals surface area contributed by atoms with Crippen LogP contribution < -0.4 is 5.73 Å². The van der Waals surface area contributed by atoms with Gasteiger partial charge in [0.05, 0.1) is 6.20 Å². The Morgan fingerprint density at radius 1 is 1.50 bits per heavy atom. The van der Waals surface area contributed by atoms with Gasteiger partial charge < -0.3 is 5.73 Å². The molecule has 0 saturated heterocycles. The number of H-pyrrole nitrogens is 1. The lowest BCUT2D eigenvalue weighted by atomic mass is 9.94. The zero-order valence-electron chi connectivity index (χ0n) is 9.79. The lowest BCUT2D eigenvalue weighted by Crippen LogP contribution is -2.28. The van der Waals surface area contributed by atoms with Crippen molar-refractivity contribution in [1.82, 2.24) is 20.2 Å². The van der Waals surface area contributed by atoms with E-state index in [1.54, 1.807) is 12.4 Å². The molecule has 92 valence electrons. The predicted octanol–water partition coefficient (Wildman–Crippen LogP) is 0.813. The molecule has 1 atom stereocenters. The van der Waals surface area contributed by atoms with E-state index >= 15 is 0 Å². The highest BCUT2D eigenvalue weighted by molar-refractivity contribution is 8.14. The molecule has 0 spiro atoms. The summed E-state index contributed by atoms with van der Waals surface area (Å²) in [5, 5.41) is 7.35. The first-order valence-electron chi connectivity index (χ1n) is 5.48. The van der Waals surface area contributed by atoms with Gasteiger partial charge >= 0.3 is 0 Å². The van der Waals surface area contributed by atoms with Crippen LogP contribution in [0.15, 0.2) is 29.6 Å². The van der Waals surface area contributed by atoms with E-state index in [1.165, 1.54) is 11.8 Å². The van der Waals surface area contributed by atoms with Crippen molar-refractivity contribution in [1.29, 1.82) is 0 Å². The minimum absolute atomic E-state index is 0.557. The second kappa shape index (κ2) is 4.09. The Labute approximate surface area is 108 Å². The quantitative estimate of drug-likeness (QED) is 0.833. The third-order valence-electron chi connectivity index (χ3n) is 2.87. The molecule has 7 heteroatoms. The summed E-state index contributed by atoms with van der Waals surface area (Å²) in [7, 11) is 0. The minimum atomic E-state index is -0.617. The molecule has 2 aromatic heterocycles. The summed E-state index contributed by atoms with van der Waals surface area (Å²) in [5.41, 5.74) is 7.04. The van der Waals surface area contributed by atoms with Gasteiger partial charge in [0.2, 0.25) is 0 Å². The van der Waals surface area contributed by atoms with Crippen molar-refractivity contribution >= 4 is 16.9 Å². The largest absolute Gasteiger partial charge is 0.378 e. The topological polar surface area (TPSA) is 92.8 Å². The molecule has 3 heterocycles. The number of nitrogens with one attached hydrogen (secondary N) is 1. The van der Waals surface area contributed by atoms with Gasteiger partial charge in [0.15, 0.2) is 16.5 Å². The average Bonchev–Trinajstić information content (AvgIpc) is 2.98. The standard InChI is InChI=1S/C11H12N6S/c1-7-2-3-13-9(16-7)11(6-18-10(12)17-11)8-4-14-15-5-8/h2-5H,6H2,1H3,(H2,12,17)(H,14,15). The molecule has 0 radical (unpaired) electrons. The fraction of sp³-hybridized carbons (Fsp3) is 0.273. The van der Waals surface area contributed by atoms with Crippen molar-refractivity contribution in [2.45, 2.75) is 12.5 Å². The summed E-state index contributed by atoms with van der Waals surface area (Å²) in [5.74, 6) is 1.36. The van der Waals surface area contributed by atoms with Crippen LogP contribution in [-0.4, -0.2) is 31.1 Å². The van der Waals surface area contributed by atoms with Gasteiger partial charge in [-0.05, 0) is 13.0 Å². The van der Waals surface area contributed by atoms with Crippen molar-refractivity contribution in [2.24, 2.45) is 10.7 Å². The molecule has 0 bridgehead atoms. The fourth-order valence-electron chi connectivity index (χ4n) is 1.95. The lowest BCUT2D eigenvalue weighted by molar-refractivity contribution is 0.578. The number of hydrogen-bond donors (Lipinski definition) is 2. The van der Waals surface area contributed by atoms with Gasteiger partial charge in [-0.25, -0.2) is 15.0 Å². The maximum absolute atomic E-state index is 5.82. The molecule has 0 fully saturated rings. The van der Waals surface area contributed by atoms with Crippen LogP contribution in [0.25, 0.3) is 0 Å². The molecule has 1 aliphatic rings. The Hall–Kier alpha value is -1.89. The number of amidine groups is 1. The average molecular weight is 260 g/mol.